The molecule has 4 rings (SSSR count). The minimum atomic E-state index is -0.876. The van der Waals surface area contributed by atoms with Crippen LogP contribution in [0, 0.1) is 11.6 Å². The number of hydrogen-bond donors (Lipinski definition) is 3. The van der Waals surface area contributed by atoms with Crippen LogP contribution >= 0.6 is 0 Å². The van der Waals surface area contributed by atoms with Crippen LogP contribution < -0.4 is 10.9 Å². The summed E-state index contributed by atoms with van der Waals surface area (Å²) in [6.07, 6.45) is 1.86. The number of aliphatic hydroxyl groups is 1. The van der Waals surface area contributed by atoms with Crippen LogP contribution in [-0.2, 0) is 6.42 Å². The second-order valence-corrected chi connectivity index (χ2v) is 7.91. The predicted octanol–water partition coefficient (Wildman–Crippen LogP) is 3.07. The molecule has 0 aliphatic carbocycles. The molecule has 1 atom stereocenters. The number of aliphatic hydroxyl groups excluding tert-OH is 1. The first-order valence-corrected chi connectivity index (χ1v) is 10.5. The smallest absolute Gasteiger partial charge is 0.272 e. The molecule has 4 aromatic rings. The number of aromatic nitrogens is 2. The first-order valence-electron chi connectivity index (χ1n) is 10.5. The van der Waals surface area contributed by atoms with Crippen molar-refractivity contribution in [3.63, 3.8) is 0 Å². The molecule has 2 aromatic heterocycles. The molecule has 0 saturated carbocycles. The molecule has 1 unspecified atom stereocenters. The fourth-order valence-electron chi connectivity index (χ4n) is 3.62. The van der Waals surface area contributed by atoms with Gasteiger partial charge in [-0.15, -0.1) is 0 Å². The molecule has 2 aromatic carbocycles. The zero-order valence-electron chi connectivity index (χ0n) is 18.1. The summed E-state index contributed by atoms with van der Waals surface area (Å²) in [5, 5.41) is 22.5. The van der Waals surface area contributed by atoms with Crippen molar-refractivity contribution in [1.29, 1.82) is 0 Å². The molecule has 34 heavy (non-hydrogen) atoms. The Labute approximate surface area is 192 Å². The largest absolute Gasteiger partial charge is 0.505 e. The third-order valence-corrected chi connectivity index (χ3v) is 5.33. The molecule has 0 saturated heterocycles. The number of halogens is 2. The molecule has 2 heterocycles. The van der Waals surface area contributed by atoms with Crippen molar-refractivity contribution in [2.75, 3.05) is 6.61 Å². The van der Waals surface area contributed by atoms with Crippen LogP contribution in [0.5, 0.6) is 5.75 Å². The van der Waals surface area contributed by atoms with Crippen molar-refractivity contribution in [3.8, 4) is 11.4 Å². The molecule has 0 aliphatic rings. The Morgan fingerprint density at radius 3 is 2.29 bits per heavy atom. The SMILES string of the molecule is CC(CO)NC(=O)c1c(O)c2ncc(Cc3ccc(F)cc3)cc2n(-c2ccc(F)cc2)c1=O. The first-order chi connectivity index (χ1) is 16.3. The number of nitrogens with one attached hydrogen (secondary N) is 1. The van der Waals surface area contributed by atoms with Crippen molar-refractivity contribution in [2.45, 2.75) is 19.4 Å². The van der Waals surface area contributed by atoms with Gasteiger partial charge in [-0.05, 0) is 66.9 Å². The average Bonchev–Trinajstić information content (AvgIpc) is 2.81. The molecule has 0 bridgehead atoms. The molecule has 7 nitrogen and oxygen atoms in total. The van der Waals surface area contributed by atoms with Gasteiger partial charge in [-0.2, -0.15) is 0 Å². The summed E-state index contributed by atoms with van der Waals surface area (Å²) in [6.45, 7) is 1.17. The summed E-state index contributed by atoms with van der Waals surface area (Å²) in [5.41, 5.74) is 0.558. The zero-order valence-corrected chi connectivity index (χ0v) is 18.1. The van der Waals surface area contributed by atoms with E-state index in [-0.39, 0.29) is 29.1 Å². The topological polar surface area (TPSA) is 104 Å². The molecule has 1 amide bonds. The Hall–Kier alpha value is -4.11. The van der Waals surface area contributed by atoms with E-state index in [1.807, 2.05) is 0 Å². The van der Waals surface area contributed by atoms with Gasteiger partial charge in [0.2, 0.25) is 0 Å². The highest BCUT2D eigenvalue weighted by molar-refractivity contribution is 6.01. The van der Waals surface area contributed by atoms with E-state index < -0.39 is 34.6 Å². The van der Waals surface area contributed by atoms with Crippen LogP contribution in [0.3, 0.4) is 0 Å². The third-order valence-electron chi connectivity index (χ3n) is 5.33. The summed E-state index contributed by atoms with van der Waals surface area (Å²) >= 11 is 0. The Balaban J connectivity index is 1.93. The quantitative estimate of drug-likeness (QED) is 0.406. The van der Waals surface area contributed by atoms with E-state index in [0.29, 0.717) is 12.0 Å². The van der Waals surface area contributed by atoms with E-state index in [0.717, 1.165) is 5.56 Å². The van der Waals surface area contributed by atoms with Gasteiger partial charge in [0.25, 0.3) is 11.5 Å². The van der Waals surface area contributed by atoms with Gasteiger partial charge in [-0.1, -0.05) is 12.1 Å². The molecule has 0 aliphatic heterocycles. The van der Waals surface area contributed by atoms with Crippen molar-refractivity contribution < 1.29 is 23.8 Å². The van der Waals surface area contributed by atoms with Crippen molar-refractivity contribution in [2.24, 2.45) is 0 Å². The van der Waals surface area contributed by atoms with Crippen LogP contribution in [0.25, 0.3) is 16.7 Å². The number of aromatic hydroxyl groups is 1. The maximum Gasteiger partial charge on any atom is 0.272 e. The predicted molar refractivity (Wildman–Crippen MR) is 122 cm³/mol. The van der Waals surface area contributed by atoms with Crippen LogP contribution in [0.1, 0.15) is 28.4 Å². The van der Waals surface area contributed by atoms with Gasteiger partial charge in [-0.3, -0.25) is 19.1 Å². The number of benzene rings is 2. The highest BCUT2D eigenvalue weighted by atomic mass is 19.1. The Morgan fingerprint density at radius 2 is 1.68 bits per heavy atom. The second kappa shape index (κ2) is 9.40. The number of amides is 1. The highest BCUT2D eigenvalue weighted by Crippen LogP contribution is 2.28. The standard InChI is InChI=1S/C25H21F2N3O4/c1-14(13-31)29-24(33)21-23(32)22-20(30(25(21)34)19-8-6-18(27)7-9-19)11-16(12-28-22)10-15-2-4-17(26)5-3-15/h2-9,11-12,14,31-32H,10,13H2,1H3,(H,29,33). The Kier molecular flexibility index (Phi) is 6.38. The Morgan fingerprint density at radius 1 is 1.06 bits per heavy atom. The third kappa shape index (κ3) is 4.51. The maximum atomic E-state index is 13.6. The lowest BCUT2D eigenvalue weighted by Crippen LogP contribution is -2.39. The number of nitrogens with zero attached hydrogens (tertiary/aromatic N) is 2. The number of fused-ring (bicyclic) bond motifs is 1. The summed E-state index contributed by atoms with van der Waals surface area (Å²) in [6, 6.07) is 12.0. The maximum absolute atomic E-state index is 13.6. The summed E-state index contributed by atoms with van der Waals surface area (Å²) in [7, 11) is 0. The fourth-order valence-corrected chi connectivity index (χ4v) is 3.62. The normalized spacial score (nSPS) is 12.0. The van der Waals surface area contributed by atoms with Gasteiger partial charge >= 0.3 is 0 Å². The molecular weight excluding hydrogens is 444 g/mol. The van der Waals surface area contributed by atoms with Gasteiger partial charge < -0.3 is 15.5 Å². The lowest BCUT2D eigenvalue weighted by atomic mass is 10.0. The van der Waals surface area contributed by atoms with Crippen molar-refractivity contribution in [1.82, 2.24) is 14.9 Å². The summed E-state index contributed by atoms with van der Waals surface area (Å²) < 4.78 is 28.0. The van der Waals surface area contributed by atoms with Gasteiger partial charge in [0, 0.05) is 17.9 Å². The zero-order chi connectivity index (χ0) is 24.4. The number of hydrogen-bond acceptors (Lipinski definition) is 5. The average molecular weight is 465 g/mol. The minimum absolute atomic E-state index is 0.00594. The van der Waals surface area contributed by atoms with Gasteiger partial charge in [0.1, 0.15) is 22.7 Å². The molecule has 3 N–H and O–H groups in total. The number of rotatable bonds is 6. The van der Waals surface area contributed by atoms with Crippen LogP contribution in [0.15, 0.2) is 65.6 Å². The molecule has 174 valence electrons. The van der Waals surface area contributed by atoms with Gasteiger partial charge in [0.05, 0.1) is 12.1 Å². The lowest BCUT2D eigenvalue weighted by Gasteiger charge is -2.17. The summed E-state index contributed by atoms with van der Waals surface area (Å²) in [4.78, 5) is 30.5. The van der Waals surface area contributed by atoms with E-state index in [1.54, 1.807) is 18.2 Å². The minimum Gasteiger partial charge on any atom is -0.505 e. The van der Waals surface area contributed by atoms with E-state index in [1.165, 1.54) is 54.1 Å². The molecule has 0 radical (unpaired) electrons. The first kappa shape index (κ1) is 23.1. The molecule has 0 fully saturated rings. The molecular formula is C25H21F2N3O4. The number of carbonyl (C=O) groups is 1. The van der Waals surface area contributed by atoms with Gasteiger partial charge in [0.15, 0.2) is 5.75 Å². The number of carbonyl (C=O) groups excluding carboxylic acids is 1. The lowest BCUT2D eigenvalue weighted by molar-refractivity contribution is 0.0918. The van der Waals surface area contributed by atoms with Gasteiger partial charge in [-0.25, -0.2) is 8.78 Å². The Bertz CT molecular complexity index is 1420. The summed E-state index contributed by atoms with van der Waals surface area (Å²) in [5.74, 6) is -2.35. The van der Waals surface area contributed by atoms with E-state index in [4.69, 9.17) is 0 Å². The molecule has 0 spiro atoms. The fraction of sp³-hybridized carbons (Fsp3) is 0.160. The molecule has 9 heteroatoms. The van der Waals surface area contributed by atoms with Crippen molar-refractivity contribution >= 4 is 16.9 Å². The van der Waals surface area contributed by atoms with Crippen LogP contribution in [0.2, 0.25) is 0 Å². The van der Waals surface area contributed by atoms with Crippen LogP contribution in [0.4, 0.5) is 8.78 Å². The van der Waals surface area contributed by atoms with E-state index in [9.17, 15) is 28.6 Å². The monoisotopic (exact) mass is 465 g/mol. The highest BCUT2D eigenvalue weighted by Gasteiger charge is 2.25. The van der Waals surface area contributed by atoms with Crippen molar-refractivity contribution in [3.05, 3.63) is 99.5 Å². The number of pyridine rings is 2. The van der Waals surface area contributed by atoms with E-state index in [2.05, 4.69) is 10.3 Å². The second-order valence-electron chi connectivity index (χ2n) is 7.91. The van der Waals surface area contributed by atoms with Crippen LogP contribution in [-0.4, -0.2) is 38.3 Å². The van der Waals surface area contributed by atoms with E-state index >= 15 is 0 Å².